The Kier molecular flexibility index (Phi) is 5.69. The van der Waals surface area contributed by atoms with Crippen molar-refractivity contribution in [3.8, 4) is 28.8 Å². The molecule has 0 aliphatic carbocycles. The first-order valence-electron chi connectivity index (χ1n) is 9.61. The standard InChI is InChI=1S/C23H21N5O2S/c1-4-5-14-8-16(11-25-10-14)17-9-18(31-13-17)21-20(22(29)28(2)23(24)27-21)15-6-7-19(30-3)26-12-15/h6-13,20-21H,1-3H3,(H2,24,27)/t20?,21-/m1/s1. The Bertz CT molecular complexity index is 1190. The van der Waals surface area contributed by atoms with Gasteiger partial charge in [-0.2, -0.15) is 0 Å². The minimum Gasteiger partial charge on any atom is -0.481 e. The van der Waals surface area contributed by atoms with Gasteiger partial charge in [0.05, 0.1) is 19.1 Å². The highest BCUT2D eigenvalue weighted by atomic mass is 32.1. The molecule has 1 aliphatic rings. The Balaban J connectivity index is 1.71. The first-order chi connectivity index (χ1) is 15.0. The van der Waals surface area contributed by atoms with Crippen molar-refractivity contribution in [1.82, 2.24) is 20.2 Å². The molecule has 8 heteroatoms. The summed E-state index contributed by atoms with van der Waals surface area (Å²) >= 11 is 1.54. The number of aromatic nitrogens is 2. The van der Waals surface area contributed by atoms with Crippen LogP contribution in [0.1, 0.15) is 34.9 Å². The third kappa shape index (κ3) is 4.00. The summed E-state index contributed by atoms with van der Waals surface area (Å²) in [6.45, 7) is 1.79. The fourth-order valence-electron chi connectivity index (χ4n) is 3.53. The number of guanidine groups is 1. The Morgan fingerprint density at radius 1 is 1.23 bits per heavy atom. The maximum Gasteiger partial charge on any atom is 0.239 e. The zero-order valence-electron chi connectivity index (χ0n) is 17.3. The number of nitrogens with zero attached hydrogens (tertiary/aromatic N) is 3. The van der Waals surface area contributed by atoms with E-state index in [4.69, 9.17) is 10.1 Å². The van der Waals surface area contributed by atoms with E-state index < -0.39 is 5.92 Å². The quantitative estimate of drug-likeness (QED) is 0.618. The number of rotatable bonds is 4. The van der Waals surface area contributed by atoms with Crippen LogP contribution in [-0.4, -0.2) is 40.9 Å². The molecule has 1 aliphatic heterocycles. The molecule has 1 amide bonds. The first kappa shape index (κ1) is 20.6. The highest BCUT2D eigenvalue weighted by Crippen LogP contribution is 2.39. The maximum absolute atomic E-state index is 13.1. The molecule has 0 bridgehead atoms. The lowest BCUT2D eigenvalue weighted by molar-refractivity contribution is -0.130. The predicted octanol–water partition coefficient (Wildman–Crippen LogP) is 3.41. The molecule has 2 atom stereocenters. The third-order valence-corrected chi connectivity index (χ3v) is 6.17. The van der Waals surface area contributed by atoms with Gasteiger partial charge in [-0.25, -0.2) is 4.98 Å². The topological polar surface area (TPSA) is 91.2 Å². The van der Waals surface area contributed by atoms with E-state index in [2.05, 4.69) is 27.1 Å². The lowest BCUT2D eigenvalue weighted by Crippen LogP contribution is -2.53. The lowest BCUT2D eigenvalue weighted by Gasteiger charge is -2.37. The number of nitrogens with one attached hydrogen (secondary N) is 2. The van der Waals surface area contributed by atoms with E-state index in [0.29, 0.717) is 5.88 Å². The van der Waals surface area contributed by atoms with E-state index in [9.17, 15) is 4.79 Å². The van der Waals surface area contributed by atoms with Crippen molar-refractivity contribution >= 4 is 23.2 Å². The molecule has 0 spiro atoms. The molecule has 0 saturated carbocycles. The number of carbonyl (C=O) groups excluding carboxylic acids is 1. The highest BCUT2D eigenvalue weighted by Gasteiger charge is 2.40. The minimum absolute atomic E-state index is 0.0737. The molecule has 4 heterocycles. The van der Waals surface area contributed by atoms with Crippen LogP contribution in [0.3, 0.4) is 0 Å². The average molecular weight is 432 g/mol. The second kappa shape index (κ2) is 8.58. The first-order valence-corrected chi connectivity index (χ1v) is 10.5. The largest absolute Gasteiger partial charge is 0.481 e. The summed E-state index contributed by atoms with van der Waals surface area (Å²) in [4.78, 5) is 24.0. The number of hydrogen-bond acceptors (Lipinski definition) is 6. The van der Waals surface area contributed by atoms with Gasteiger partial charge >= 0.3 is 0 Å². The van der Waals surface area contributed by atoms with Gasteiger partial charge < -0.3 is 10.1 Å². The monoisotopic (exact) mass is 431 g/mol. The van der Waals surface area contributed by atoms with Crippen molar-refractivity contribution in [1.29, 1.82) is 5.41 Å². The number of hydrogen-bond donors (Lipinski definition) is 2. The molecule has 1 saturated heterocycles. The molecule has 3 aromatic heterocycles. The van der Waals surface area contributed by atoms with E-state index in [0.717, 1.165) is 27.1 Å². The van der Waals surface area contributed by atoms with Gasteiger partial charge in [0.15, 0.2) is 5.96 Å². The Morgan fingerprint density at radius 2 is 2.06 bits per heavy atom. The Morgan fingerprint density at radius 3 is 2.77 bits per heavy atom. The van der Waals surface area contributed by atoms with E-state index >= 15 is 0 Å². The SMILES string of the molecule is CC#Cc1cncc(-c2csc([C@H]3NC(=N)N(C)C(=O)C3c3ccc(OC)nc3)c2)c1. The van der Waals surface area contributed by atoms with Crippen LogP contribution in [-0.2, 0) is 4.79 Å². The number of likely N-dealkylation sites (N-methyl/N-ethyl adjacent to an activating group) is 1. The Labute approximate surface area is 184 Å². The van der Waals surface area contributed by atoms with Gasteiger partial charge in [0.1, 0.15) is 0 Å². The van der Waals surface area contributed by atoms with Gasteiger partial charge in [-0.15, -0.1) is 17.3 Å². The number of methoxy groups -OCH3 is 1. The number of carbonyl (C=O) groups is 1. The smallest absolute Gasteiger partial charge is 0.239 e. The molecule has 1 unspecified atom stereocenters. The van der Waals surface area contributed by atoms with E-state index in [1.54, 1.807) is 57.1 Å². The summed E-state index contributed by atoms with van der Waals surface area (Å²) in [7, 11) is 3.15. The fourth-order valence-corrected chi connectivity index (χ4v) is 4.54. The molecule has 1 fully saturated rings. The molecule has 7 nitrogen and oxygen atoms in total. The summed E-state index contributed by atoms with van der Waals surface area (Å²) in [5, 5.41) is 13.4. The summed E-state index contributed by atoms with van der Waals surface area (Å²) in [6, 6.07) is 7.24. The predicted molar refractivity (Wildman–Crippen MR) is 120 cm³/mol. The van der Waals surface area contributed by atoms with Crippen LogP contribution >= 0.6 is 11.3 Å². The summed E-state index contributed by atoms with van der Waals surface area (Å²) in [6.07, 6.45) is 5.19. The number of pyridine rings is 2. The van der Waals surface area contributed by atoms with E-state index in [1.165, 1.54) is 4.90 Å². The molecule has 2 N–H and O–H groups in total. The van der Waals surface area contributed by atoms with Crippen LogP contribution in [0.4, 0.5) is 0 Å². The van der Waals surface area contributed by atoms with Crippen LogP contribution < -0.4 is 10.1 Å². The highest BCUT2D eigenvalue weighted by molar-refractivity contribution is 7.10. The van der Waals surface area contributed by atoms with Crippen LogP contribution in [0, 0.1) is 17.3 Å². The normalized spacial score (nSPS) is 18.2. The van der Waals surface area contributed by atoms with Crippen molar-refractivity contribution in [2.45, 2.75) is 18.9 Å². The van der Waals surface area contributed by atoms with Crippen LogP contribution in [0.5, 0.6) is 5.88 Å². The summed E-state index contributed by atoms with van der Waals surface area (Å²) in [5.74, 6) is 5.80. The molecule has 0 aromatic carbocycles. The molecular weight excluding hydrogens is 410 g/mol. The second-order valence-corrected chi connectivity index (χ2v) is 8.00. The van der Waals surface area contributed by atoms with Crippen molar-refractivity contribution in [2.24, 2.45) is 0 Å². The number of ether oxygens (including phenoxy) is 1. The Hall–Kier alpha value is -3.70. The fraction of sp³-hybridized carbons (Fsp3) is 0.217. The van der Waals surface area contributed by atoms with Crippen molar-refractivity contribution in [3.05, 3.63) is 64.2 Å². The molecule has 3 aromatic rings. The van der Waals surface area contributed by atoms with E-state index in [1.807, 2.05) is 23.6 Å². The summed E-state index contributed by atoms with van der Waals surface area (Å²) < 4.78 is 5.14. The minimum atomic E-state index is -0.514. The van der Waals surface area contributed by atoms with Gasteiger partial charge in [0, 0.05) is 47.7 Å². The zero-order chi connectivity index (χ0) is 22.0. The van der Waals surface area contributed by atoms with Crippen molar-refractivity contribution in [3.63, 3.8) is 0 Å². The average Bonchev–Trinajstić information content (AvgIpc) is 3.28. The van der Waals surface area contributed by atoms with Crippen molar-refractivity contribution in [2.75, 3.05) is 14.2 Å². The second-order valence-electron chi connectivity index (χ2n) is 7.05. The van der Waals surface area contributed by atoms with Gasteiger partial charge in [0.25, 0.3) is 0 Å². The van der Waals surface area contributed by atoms with Gasteiger partial charge in [-0.3, -0.25) is 20.1 Å². The van der Waals surface area contributed by atoms with Crippen LogP contribution in [0.25, 0.3) is 11.1 Å². The number of amides is 1. The van der Waals surface area contributed by atoms with Gasteiger partial charge in [0.2, 0.25) is 11.8 Å². The van der Waals surface area contributed by atoms with E-state index in [-0.39, 0.29) is 17.9 Å². The summed E-state index contributed by atoms with van der Waals surface area (Å²) in [5.41, 5.74) is 3.57. The molecule has 0 radical (unpaired) electrons. The molecule has 4 rings (SSSR count). The molecule has 31 heavy (non-hydrogen) atoms. The third-order valence-electron chi connectivity index (χ3n) is 5.15. The van der Waals surface area contributed by atoms with Crippen molar-refractivity contribution < 1.29 is 9.53 Å². The molecule has 156 valence electrons. The zero-order valence-corrected chi connectivity index (χ0v) is 18.2. The van der Waals surface area contributed by atoms with Gasteiger partial charge in [-0.1, -0.05) is 12.0 Å². The molecular formula is C23H21N5O2S. The lowest BCUT2D eigenvalue weighted by atomic mass is 9.88. The van der Waals surface area contributed by atoms with Gasteiger partial charge in [-0.05, 0) is 35.6 Å². The maximum atomic E-state index is 13.1. The van der Waals surface area contributed by atoms with Crippen LogP contribution in [0.2, 0.25) is 0 Å². The van der Waals surface area contributed by atoms with Crippen LogP contribution in [0.15, 0.2) is 48.2 Å². The number of thiophene rings is 1.